The Kier molecular flexibility index (Phi) is 4.64. The minimum Gasteiger partial charge on any atom is -0.369 e. The lowest BCUT2D eigenvalue weighted by Gasteiger charge is -2.40. The molecule has 4 heteroatoms. The molecule has 21 heavy (non-hydrogen) atoms. The van der Waals surface area contributed by atoms with Gasteiger partial charge < -0.3 is 10.6 Å². The number of benzene rings is 1. The van der Waals surface area contributed by atoms with Gasteiger partial charge in [-0.25, -0.2) is 0 Å². The third-order valence-electron chi connectivity index (χ3n) is 5.01. The maximum atomic E-state index is 12.2. The molecule has 0 spiro atoms. The van der Waals surface area contributed by atoms with Crippen molar-refractivity contribution >= 4 is 17.5 Å². The largest absolute Gasteiger partial charge is 0.369 e. The number of carbonyl (C=O) groups excluding carboxylic acids is 1. The van der Waals surface area contributed by atoms with Crippen LogP contribution in [0.5, 0.6) is 0 Å². The first-order valence-corrected chi connectivity index (χ1v) is 7.89. The van der Waals surface area contributed by atoms with Gasteiger partial charge in [0.25, 0.3) is 0 Å². The zero-order valence-corrected chi connectivity index (χ0v) is 14.1. The van der Waals surface area contributed by atoms with E-state index in [0.29, 0.717) is 0 Å². The lowest BCUT2D eigenvalue weighted by molar-refractivity contribution is -0.125. The minimum absolute atomic E-state index is 0.205. The highest BCUT2D eigenvalue weighted by atomic mass is 35.5. The molecule has 0 saturated carbocycles. The Morgan fingerprint density at radius 3 is 2.67 bits per heavy atom. The first kappa shape index (κ1) is 16.3. The van der Waals surface area contributed by atoms with Crippen molar-refractivity contribution in [1.29, 1.82) is 0 Å². The fraction of sp³-hybridized carbons (Fsp3) is 0.588. The number of halogens is 1. The van der Waals surface area contributed by atoms with Crippen LogP contribution in [0.15, 0.2) is 18.2 Å². The Balaban J connectivity index is 2.47. The summed E-state index contributed by atoms with van der Waals surface area (Å²) in [7, 11) is 2.08. The number of nitrogens with two attached hydrogens (primary N) is 1. The molecular formula is C17H25ClN2O. The lowest BCUT2D eigenvalue weighted by atomic mass is 9.68. The molecule has 1 aromatic carbocycles. The van der Waals surface area contributed by atoms with E-state index < -0.39 is 0 Å². The average molecular weight is 309 g/mol. The fourth-order valence-corrected chi connectivity index (χ4v) is 4.03. The van der Waals surface area contributed by atoms with Crippen molar-refractivity contribution in [2.45, 2.75) is 45.1 Å². The number of hydrogen-bond donors (Lipinski definition) is 1. The molecule has 2 N–H and O–H groups in total. The first-order valence-electron chi connectivity index (χ1n) is 7.52. The molecule has 0 aliphatic carbocycles. The number of amides is 1. The van der Waals surface area contributed by atoms with Crippen molar-refractivity contribution in [2.24, 2.45) is 11.7 Å². The number of rotatable bonds is 4. The van der Waals surface area contributed by atoms with Gasteiger partial charge in [0.05, 0.1) is 5.92 Å². The molecule has 1 aromatic rings. The highest BCUT2D eigenvalue weighted by Gasteiger charge is 2.44. The van der Waals surface area contributed by atoms with Crippen LogP contribution in [-0.4, -0.2) is 30.4 Å². The summed E-state index contributed by atoms with van der Waals surface area (Å²) in [5, 5.41) is 0.739. The van der Waals surface area contributed by atoms with Crippen LogP contribution in [0.3, 0.4) is 0 Å². The number of hydrogen-bond acceptors (Lipinski definition) is 2. The molecular weight excluding hydrogens is 284 g/mol. The second kappa shape index (κ2) is 5.98. The maximum absolute atomic E-state index is 12.2. The summed E-state index contributed by atoms with van der Waals surface area (Å²) in [4.78, 5) is 14.5. The highest BCUT2D eigenvalue weighted by molar-refractivity contribution is 6.31. The van der Waals surface area contributed by atoms with Gasteiger partial charge in [0, 0.05) is 16.5 Å². The summed E-state index contributed by atoms with van der Waals surface area (Å²) in [5.41, 5.74) is 7.60. The van der Waals surface area contributed by atoms with E-state index in [1.165, 1.54) is 0 Å². The molecule has 1 heterocycles. The zero-order valence-electron chi connectivity index (χ0n) is 13.3. The van der Waals surface area contributed by atoms with Gasteiger partial charge in [-0.1, -0.05) is 37.6 Å². The van der Waals surface area contributed by atoms with Crippen LogP contribution >= 0.6 is 11.6 Å². The van der Waals surface area contributed by atoms with E-state index in [1.807, 2.05) is 19.1 Å². The summed E-state index contributed by atoms with van der Waals surface area (Å²) in [5.74, 6) is -0.444. The van der Waals surface area contributed by atoms with E-state index in [2.05, 4.69) is 31.9 Å². The molecule has 1 amide bonds. The molecule has 1 unspecified atom stereocenters. The fourth-order valence-electron chi connectivity index (χ4n) is 3.86. The van der Waals surface area contributed by atoms with Crippen molar-refractivity contribution in [3.05, 3.63) is 34.3 Å². The second-order valence-electron chi connectivity index (χ2n) is 6.70. The molecule has 1 aliphatic rings. The molecule has 0 aromatic heterocycles. The summed E-state index contributed by atoms with van der Waals surface area (Å²) >= 11 is 6.27. The SMILES string of the molecule is Cc1c(Cl)cccc1C(C)(C)[C@H](C(N)=O)C1CCCN1C. The molecule has 0 radical (unpaired) electrons. The lowest BCUT2D eigenvalue weighted by Crippen LogP contribution is -2.50. The summed E-state index contributed by atoms with van der Waals surface area (Å²) in [6.07, 6.45) is 2.14. The van der Waals surface area contributed by atoms with E-state index in [1.54, 1.807) is 0 Å². The van der Waals surface area contributed by atoms with Gasteiger partial charge in [-0.05, 0) is 50.6 Å². The number of primary amides is 1. The van der Waals surface area contributed by atoms with Crippen molar-refractivity contribution in [1.82, 2.24) is 4.90 Å². The van der Waals surface area contributed by atoms with Gasteiger partial charge >= 0.3 is 0 Å². The Morgan fingerprint density at radius 2 is 2.14 bits per heavy atom. The molecule has 1 saturated heterocycles. The first-order chi connectivity index (χ1) is 9.76. The van der Waals surface area contributed by atoms with Crippen molar-refractivity contribution < 1.29 is 4.79 Å². The van der Waals surface area contributed by atoms with Gasteiger partial charge in [-0.3, -0.25) is 4.79 Å². The number of nitrogens with zero attached hydrogens (tertiary/aromatic N) is 1. The second-order valence-corrected chi connectivity index (χ2v) is 7.11. The van der Waals surface area contributed by atoms with Crippen LogP contribution in [0.4, 0.5) is 0 Å². The Bertz CT molecular complexity index is 542. The normalized spacial score (nSPS) is 21.5. The maximum Gasteiger partial charge on any atom is 0.222 e. The molecule has 1 fully saturated rings. The Morgan fingerprint density at radius 1 is 1.48 bits per heavy atom. The smallest absolute Gasteiger partial charge is 0.222 e. The molecule has 1 aliphatic heterocycles. The number of likely N-dealkylation sites (tertiary alicyclic amines) is 1. The molecule has 0 bridgehead atoms. The van der Waals surface area contributed by atoms with Gasteiger partial charge in [0.15, 0.2) is 0 Å². The van der Waals surface area contributed by atoms with Gasteiger partial charge in [0.1, 0.15) is 0 Å². The quantitative estimate of drug-likeness (QED) is 0.929. The topological polar surface area (TPSA) is 46.3 Å². The predicted octanol–water partition coefficient (Wildman–Crippen LogP) is 3.12. The number of carbonyl (C=O) groups is 1. The van der Waals surface area contributed by atoms with Gasteiger partial charge in [-0.2, -0.15) is 0 Å². The van der Waals surface area contributed by atoms with E-state index in [4.69, 9.17) is 17.3 Å². The molecule has 2 rings (SSSR count). The van der Waals surface area contributed by atoms with Gasteiger partial charge in [-0.15, -0.1) is 0 Å². The van der Waals surface area contributed by atoms with Gasteiger partial charge in [0.2, 0.25) is 5.91 Å². The zero-order chi connectivity index (χ0) is 15.8. The van der Waals surface area contributed by atoms with E-state index in [0.717, 1.165) is 35.5 Å². The van der Waals surface area contributed by atoms with Crippen molar-refractivity contribution in [2.75, 3.05) is 13.6 Å². The average Bonchev–Trinajstić information content (AvgIpc) is 2.78. The molecule has 2 atom stereocenters. The van der Waals surface area contributed by atoms with Crippen LogP contribution < -0.4 is 5.73 Å². The standard InChI is InChI=1S/C17H25ClN2O/c1-11-12(7-5-8-13(11)18)17(2,3)15(16(19)21)14-9-6-10-20(14)4/h5,7-8,14-15H,6,9-10H2,1-4H3,(H2,19,21)/t14?,15-/m0/s1. The van der Waals surface area contributed by atoms with Crippen LogP contribution in [0, 0.1) is 12.8 Å². The van der Waals surface area contributed by atoms with Crippen LogP contribution in [-0.2, 0) is 10.2 Å². The summed E-state index contributed by atoms with van der Waals surface area (Å²) in [6.45, 7) is 7.25. The van der Waals surface area contributed by atoms with Crippen LogP contribution in [0.25, 0.3) is 0 Å². The van der Waals surface area contributed by atoms with Crippen LogP contribution in [0.1, 0.15) is 37.8 Å². The minimum atomic E-state index is -0.343. The summed E-state index contributed by atoms with van der Waals surface area (Å²) < 4.78 is 0. The molecule has 116 valence electrons. The van der Waals surface area contributed by atoms with E-state index in [-0.39, 0.29) is 23.3 Å². The van der Waals surface area contributed by atoms with E-state index >= 15 is 0 Å². The van der Waals surface area contributed by atoms with Crippen molar-refractivity contribution in [3.63, 3.8) is 0 Å². The third-order valence-corrected chi connectivity index (χ3v) is 5.42. The Labute approximate surface area is 132 Å². The Hall–Kier alpha value is -1.06. The van der Waals surface area contributed by atoms with E-state index in [9.17, 15) is 4.79 Å². The molecule has 3 nitrogen and oxygen atoms in total. The monoisotopic (exact) mass is 308 g/mol. The highest BCUT2D eigenvalue weighted by Crippen LogP contribution is 2.40. The van der Waals surface area contributed by atoms with Crippen molar-refractivity contribution in [3.8, 4) is 0 Å². The third kappa shape index (κ3) is 2.95. The predicted molar refractivity (Wildman–Crippen MR) is 87.6 cm³/mol. The van der Waals surface area contributed by atoms with Crippen LogP contribution in [0.2, 0.25) is 5.02 Å². The summed E-state index contributed by atoms with van der Waals surface area (Å²) in [6, 6.07) is 6.10.